The lowest BCUT2D eigenvalue weighted by atomic mass is 10.3. The van der Waals surface area contributed by atoms with Gasteiger partial charge in [-0.05, 0) is 35.9 Å². The molecule has 0 saturated carbocycles. The van der Waals surface area contributed by atoms with Crippen molar-refractivity contribution in [2.75, 3.05) is 20.2 Å². The fraction of sp³-hybridized carbons (Fsp3) is 0.214. The highest BCUT2D eigenvalue weighted by molar-refractivity contribution is 6.32. The lowest BCUT2D eigenvalue weighted by Gasteiger charge is -2.16. The average molecular weight is 314 g/mol. The van der Waals surface area contributed by atoms with Gasteiger partial charge in [-0.2, -0.15) is 0 Å². The van der Waals surface area contributed by atoms with Crippen LogP contribution in [-0.4, -0.2) is 31.0 Å². The van der Waals surface area contributed by atoms with Gasteiger partial charge in [-0.25, -0.2) is 0 Å². The van der Waals surface area contributed by atoms with E-state index >= 15 is 0 Å². The molecule has 1 heterocycles. The normalized spacial score (nSPS) is 10.3. The molecule has 1 aromatic heterocycles. The molecule has 1 aromatic carbocycles. The van der Waals surface area contributed by atoms with Gasteiger partial charge in [-0.15, -0.1) is 0 Å². The maximum Gasteiger partial charge on any atom is 0.289 e. The zero-order valence-corrected chi connectivity index (χ0v) is 12.3. The Kier molecular flexibility index (Phi) is 4.93. The van der Waals surface area contributed by atoms with Crippen LogP contribution >= 0.6 is 23.2 Å². The smallest absolute Gasteiger partial charge is 0.289 e. The van der Waals surface area contributed by atoms with E-state index in [1.807, 2.05) is 12.1 Å². The van der Waals surface area contributed by atoms with Crippen molar-refractivity contribution in [3.8, 4) is 5.75 Å². The number of benzene rings is 1. The standard InChI is InChI=1S/C14H13Cl2NO3/c1-17(14(18)12-6-7-13(16)20-12)8-9-19-11-5-3-2-4-10(11)15/h2-7H,8-9H2,1H3. The highest BCUT2D eigenvalue weighted by Gasteiger charge is 2.15. The molecule has 0 aliphatic carbocycles. The summed E-state index contributed by atoms with van der Waals surface area (Å²) in [4.78, 5) is 13.5. The first-order valence-corrected chi connectivity index (χ1v) is 6.71. The molecule has 0 bridgehead atoms. The minimum Gasteiger partial charge on any atom is -0.490 e. The second kappa shape index (κ2) is 6.68. The van der Waals surface area contributed by atoms with E-state index in [0.717, 1.165) is 0 Å². The van der Waals surface area contributed by atoms with Gasteiger partial charge in [0, 0.05) is 7.05 Å². The Labute approximate surface area is 126 Å². The van der Waals surface area contributed by atoms with Crippen LogP contribution in [0.2, 0.25) is 10.2 Å². The van der Waals surface area contributed by atoms with Crippen molar-refractivity contribution in [2.45, 2.75) is 0 Å². The number of furan rings is 1. The van der Waals surface area contributed by atoms with Crippen LogP contribution in [-0.2, 0) is 0 Å². The van der Waals surface area contributed by atoms with Crippen LogP contribution in [0.5, 0.6) is 5.75 Å². The van der Waals surface area contributed by atoms with Crippen molar-refractivity contribution < 1.29 is 13.9 Å². The summed E-state index contributed by atoms with van der Waals surface area (Å²) in [5.74, 6) is 0.547. The number of ether oxygens (including phenoxy) is 1. The van der Waals surface area contributed by atoms with E-state index in [9.17, 15) is 4.79 Å². The van der Waals surface area contributed by atoms with E-state index in [1.54, 1.807) is 19.2 Å². The Balaban J connectivity index is 1.85. The van der Waals surface area contributed by atoms with Gasteiger partial charge in [0.2, 0.25) is 0 Å². The third kappa shape index (κ3) is 3.68. The van der Waals surface area contributed by atoms with Gasteiger partial charge in [-0.3, -0.25) is 4.79 Å². The minimum atomic E-state index is -0.250. The summed E-state index contributed by atoms with van der Waals surface area (Å²) in [7, 11) is 1.66. The predicted octanol–water partition coefficient (Wildman–Crippen LogP) is 3.74. The van der Waals surface area contributed by atoms with E-state index in [2.05, 4.69) is 0 Å². The molecule has 0 N–H and O–H groups in total. The highest BCUT2D eigenvalue weighted by Crippen LogP contribution is 2.23. The van der Waals surface area contributed by atoms with E-state index in [0.29, 0.717) is 23.9 Å². The number of rotatable bonds is 5. The molecule has 0 aliphatic rings. The van der Waals surface area contributed by atoms with Gasteiger partial charge in [0.25, 0.3) is 5.91 Å². The Hall–Kier alpha value is -1.65. The molecule has 0 fully saturated rings. The Morgan fingerprint density at radius 1 is 1.25 bits per heavy atom. The number of carbonyl (C=O) groups excluding carboxylic acids is 1. The number of nitrogens with zero attached hydrogens (tertiary/aromatic N) is 1. The maximum absolute atomic E-state index is 12.0. The molecular formula is C14H13Cl2NO3. The predicted molar refractivity (Wildman–Crippen MR) is 77.6 cm³/mol. The highest BCUT2D eigenvalue weighted by atomic mass is 35.5. The number of halogens is 2. The summed E-state index contributed by atoms with van der Waals surface area (Å²) in [5, 5.41) is 0.730. The number of carbonyl (C=O) groups is 1. The zero-order chi connectivity index (χ0) is 14.5. The van der Waals surface area contributed by atoms with Crippen molar-refractivity contribution >= 4 is 29.1 Å². The number of amides is 1. The fourth-order valence-corrected chi connectivity index (χ4v) is 1.91. The van der Waals surface area contributed by atoms with Crippen molar-refractivity contribution in [2.24, 2.45) is 0 Å². The van der Waals surface area contributed by atoms with Gasteiger partial charge in [0.05, 0.1) is 11.6 Å². The van der Waals surface area contributed by atoms with Crippen LogP contribution in [0, 0.1) is 0 Å². The molecule has 0 spiro atoms. The first kappa shape index (κ1) is 14.8. The zero-order valence-electron chi connectivity index (χ0n) is 10.8. The van der Waals surface area contributed by atoms with E-state index in [4.69, 9.17) is 32.4 Å². The van der Waals surface area contributed by atoms with Gasteiger partial charge >= 0.3 is 0 Å². The maximum atomic E-state index is 12.0. The topological polar surface area (TPSA) is 42.7 Å². The molecule has 6 heteroatoms. The van der Waals surface area contributed by atoms with Crippen LogP contribution in [0.15, 0.2) is 40.8 Å². The third-order valence-electron chi connectivity index (χ3n) is 2.65. The van der Waals surface area contributed by atoms with Gasteiger partial charge in [-0.1, -0.05) is 23.7 Å². The Morgan fingerprint density at radius 2 is 2.00 bits per heavy atom. The molecule has 20 heavy (non-hydrogen) atoms. The monoisotopic (exact) mass is 313 g/mol. The van der Waals surface area contributed by atoms with Crippen molar-refractivity contribution in [3.63, 3.8) is 0 Å². The molecule has 106 valence electrons. The number of hydrogen-bond acceptors (Lipinski definition) is 3. The van der Waals surface area contributed by atoms with E-state index in [1.165, 1.54) is 17.0 Å². The SMILES string of the molecule is CN(CCOc1ccccc1Cl)C(=O)c1ccc(Cl)o1. The van der Waals surface area contributed by atoms with Crippen LogP contribution < -0.4 is 4.74 Å². The number of para-hydroxylation sites is 1. The molecule has 0 radical (unpaired) electrons. The van der Waals surface area contributed by atoms with Gasteiger partial charge < -0.3 is 14.1 Å². The van der Waals surface area contributed by atoms with Crippen molar-refractivity contribution in [3.05, 3.63) is 52.4 Å². The number of hydrogen-bond donors (Lipinski definition) is 0. The molecule has 0 saturated heterocycles. The van der Waals surface area contributed by atoms with Gasteiger partial charge in [0.1, 0.15) is 12.4 Å². The van der Waals surface area contributed by atoms with E-state index in [-0.39, 0.29) is 16.9 Å². The number of likely N-dealkylation sites (N-methyl/N-ethyl adjacent to an activating group) is 1. The molecule has 1 amide bonds. The summed E-state index contributed by atoms with van der Waals surface area (Å²) >= 11 is 11.6. The molecule has 0 atom stereocenters. The molecular weight excluding hydrogens is 301 g/mol. The van der Waals surface area contributed by atoms with E-state index < -0.39 is 0 Å². The molecule has 0 aliphatic heterocycles. The van der Waals surface area contributed by atoms with Crippen LogP contribution in [0.3, 0.4) is 0 Å². The van der Waals surface area contributed by atoms with Crippen LogP contribution in [0.4, 0.5) is 0 Å². The van der Waals surface area contributed by atoms with Crippen LogP contribution in [0.1, 0.15) is 10.6 Å². The fourth-order valence-electron chi connectivity index (χ4n) is 1.57. The third-order valence-corrected chi connectivity index (χ3v) is 3.17. The van der Waals surface area contributed by atoms with Crippen molar-refractivity contribution in [1.29, 1.82) is 0 Å². The summed E-state index contributed by atoms with van der Waals surface area (Å²) in [6.07, 6.45) is 0. The quantitative estimate of drug-likeness (QED) is 0.844. The Morgan fingerprint density at radius 3 is 2.65 bits per heavy atom. The summed E-state index contributed by atoms with van der Waals surface area (Å²) in [6, 6.07) is 10.2. The molecule has 4 nitrogen and oxygen atoms in total. The first-order chi connectivity index (χ1) is 9.58. The second-order valence-electron chi connectivity index (χ2n) is 4.11. The largest absolute Gasteiger partial charge is 0.490 e. The lowest BCUT2D eigenvalue weighted by molar-refractivity contribution is 0.0742. The molecule has 2 aromatic rings. The second-order valence-corrected chi connectivity index (χ2v) is 4.89. The molecule has 2 rings (SSSR count). The average Bonchev–Trinajstić information content (AvgIpc) is 2.86. The van der Waals surface area contributed by atoms with Crippen LogP contribution in [0.25, 0.3) is 0 Å². The summed E-state index contributed by atoms with van der Waals surface area (Å²) < 4.78 is 10.6. The summed E-state index contributed by atoms with van der Waals surface area (Å²) in [5.41, 5.74) is 0. The Bertz CT molecular complexity index is 598. The summed E-state index contributed by atoms with van der Waals surface area (Å²) in [6.45, 7) is 0.739. The minimum absolute atomic E-state index is 0.189. The van der Waals surface area contributed by atoms with Crippen molar-refractivity contribution in [1.82, 2.24) is 4.90 Å². The molecule has 0 unspecified atom stereocenters. The lowest BCUT2D eigenvalue weighted by Crippen LogP contribution is -2.30. The first-order valence-electron chi connectivity index (χ1n) is 5.96. The van der Waals surface area contributed by atoms with Gasteiger partial charge in [0.15, 0.2) is 11.0 Å².